The number of thiazole rings is 1. The van der Waals surface area contributed by atoms with E-state index in [9.17, 15) is 0 Å². The van der Waals surface area contributed by atoms with Crippen molar-refractivity contribution >= 4 is 17.2 Å². The van der Waals surface area contributed by atoms with Gasteiger partial charge in [-0.2, -0.15) is 5.26 Å². The predicted octanol–water partition coefficient (Wildman–Crippen LogP) is 2.67. The summed E-state index contributed by atoms with van der Waals surface area (Å²) in [7, 11) is 0. The van der Waals surface area contributed by atoms with Crippen LogP contribution in [-0.4, -0.2) is 11.5 Å². The molecule has 0 bridgehead atoms. The molecule has 1 aromatic carbocycles. The highest BCUT2D eigenvalue weighted by Crippen LogP contribution is 2.16. The standard InChI is InChI=1S/C12H11N3S/c13-8-11-12(15-9-16-11)14-7-6-10-4-2-1-3-5-10/h1-5,9,14H,6-7H2. The molecule has 2 rings (SSSR count). The van der Waals surface area contributed by atoms with Crippen LogP contribution in [0.4, 0.5) is 5.82 Å². The minimum absolute atomic E-state index is 0.646. The SMILES string of the molecule is N#Cc1scnc1NCCc1ccccc1. The third kappa shape index (κ3) is 2.59. The third-order valence-corrected chi connectivity index (χ3v) is 2.95. The van der Waals surface area contributed by atoms with Crippen LogP contribution in [0.15, 0.2) is 35.8 Å². The van der Waals surface area contributed by atoms with Gasteiger partial charge >= 0.3 is 0 Å². The Kier molecular flexibility index (Phi) is 3.52. The van der Waals surface area contributed by atoms with Crippen molar-refractivity contribution in [3.05, 3.63) is 46.3 Å². The lowest BCUT2D eigenvalue weighted by Gasteiger charge is -2.03. The second-order valence-electron chi connectivity index (χ2n) is 3.30. The molecular weight excluding hydrogens is 218 g/mol. The highest BCUT2D eigenvalue weighted by atomic mass is 32.1. The molecule has 2 aromatic rings. The summed E-state index contributed by atoms with van der Waals surface area (Å²) in [6.07, 6.45) is 0.934. The zero-order valence-corrected chi connectivity index (χ0v) is 9.50. The second-order valence-corrected chi connectivity index (χ2v) is 4.16. The van der Waals surface area contributed by atoms with E-state index in [1.54, 1.807) is 5.51 Å². The summed E-state index contributed by atoms with van der Waals surface area (Å²) in [4.78, 5) is 4.75. The van der Waals surface area contributed by atoms with E-state index in [2.05, 4.69) is 28.5 Å². The molecule has 0 radical (unpaired) electrons. The molecule has 4 heteroatoms. The summed E-state index contributed by atoms with van der Waals surface area (Å²) < 4.78 is 0. The Bertz CT molecular complexity index is 484. The molecular formula is C12H11N3S. The van der Waals surface area contributed by atoms with Crippen LogP contribution in [0.3, 0.4) is 0 Å². The summed E-state index contributed by atoms with van der Waals surface area (Å²) in [6, 6.07) is 12.4. The maximum Gasteiger partial charge on any atom is 0.155 e. The Labute approximate surface area is 98.4 Å². The van der Waals surface area contributed by atoms with Crippen LogP contribution in [0.25, 0.3) is 0 Å². The van der Waals surface area contributed by atoms with E-state index in [4.69, 9.17) is 5.26 Å². The first-order chi connectivity index (χ1) is 7.90. The van der Waals surface area contributed by atoms with E-state index in [1.807, 2.05) is 18.2 Å². The van der Waals surface area contributed by atoms with Gasteiger partial charge in [-0.1, -0.05) is 30.3 Å². The van der Waals surface area contributed by atoms with E-state index < -0.39 is 0 Å². The monoisotopic (exact) mass is 229 g/mol. The maximum absolute atomic E-state index is 8.80. The average Bonchev–Trinajstić information content (AvgIpc) is 2.78. The number of hydrogen-bond acceptors (Lipinski definition) is 4. The first-order valence-electron chi connectivity index (χ1n) is 5.01. The highest BCUT2D eigenvalue weighted by molar-refractivity contribution is 7.10. The molecule has 80 valence electrons. The smallest absolute Gasteiger partial charge is 0.155 e. The molecule has 16 heavy (non-hydrogen) atoms. The van der Waals surface area contributed by atoms with Crippen molar-refractivity contribution in [2.45, 2.75) is 6.42 Å². The van der Waals surface area contributed by atoms with Gasteiger partial charge in [0.05, 0.1) is 5.51 Å². The number of benzene rings is 1. The molecule has 3 nitrogen and oxygen atoms in total. The molecule has 0 saturated heterocycles. The van der Waals surface area contributed by atoms with Gasteiger partial charge in [0, 0.05) is 6.54 Å². The molecule has 0 unspecified atom stereocenters. The number of rotatable bonds is 4. The van der Waals surface area contributed by atoms with Gasteiger partial charge in [-0.15, -0.1) is 11.3 Å². The summed E-state index contributed by atoms with van der Waals surface area (Å²) in [5.41, 5.74) is 2.97. The number of nitrogens with zero attached hydrogens (tertiary/aromatic N) is 2. The van der Waals surface area contributed by atoms with Crippen LogP contribution in [0.2, 0.25) is 0 Å². The van der Waals surface area contributed by atoms with E-state index in [1.165, 1.54) is 16.9 Å². The van der Waals surface area contributed by atoms with Gasteiger partial charge < -0.3 is 5.32 Å². The molecule has 0 aliphatic rings. The molecule has 0 fully saturated rings. The van der Waals surface area contributed by atoms with E-state index in [-0.39, 0.29) is 0 Å². The number of nitrogens with one attached hydrogen (secondary N) is 1. The lowest BCUT2D eigenvalue weighted by atomic mass is 10.1. The lowest BCUT2D eigenvalue weighted by molar-refractivity contribution is 1.01. The fraction of sp³-hybridized carbons (Fsp3) is 0.167. The number of nitriles is 1. The van der Waals surface area contributed by atoms with Crippen LogP contribution in [0.1, 0.15) is 10.4 Å². The molecule has 0 saturated carbocycles. The minimum Gasteiger partial charge on any atom is -0.368 e. The Hall–Kier alpha value is -1.86. The Morgan fingerprint density at radius 2 is 2.12 bits per heavy atom. The Morgan fingerprint density at radius 3 is 2.88 bits per heavy atom. The summed E-state index contributed by atoms with van der Waals surface area (Å²) in [5.74, 6) is 0.698. The fourth-order valence-corrected chi connectivity index (χ4v) is 1.97. The molecule has 0 aliphatic carbocycles. The van der Waals surface area contributed by atoms with Crippen LogP contribution in [0.5, 0.6) is 0 Å². The van der Waals surface area contributed by atoms with Gasteiger partial charge in [0.15, 0.2) is 5.82 Å². The van der Waals surface area contributed by atoms with E-state index >= 15 is 0 Å². The van der Waals surface area contributed by atoms with Crippen LogP contribution in [0, 0.1) is 11.3 Å². The second kappa shape index (κ2) is 5.29. The molecule has 0 aliphatic heterocycles. The number of aromatic nitrogens is 1. The van der Waals surface area contributed by atoms with Gasteiger partial charge in [0.1, 0.15) is 10.9 Å². The average molecular weight is 229 g/mol. The van der Waals surface area contributed by atoms with Crippen LogP contribution < -0.4 is 5.32 Å². The van der Waals surface area contributed by atoms with Gasteiger partial charge in [-0.25, -0.2) is 4.98 Å². The number of hydrogen-bond donors (Lipinski definition) is 1. The summed E-state index contributed by atoms with van der Waals surface area (Å²) in [5, 5.41) is 12.0. The fourth-order valence-electron chi connectivity index (χ4n) is 1.42. The predicted molar refractivity (Wildman–Crippen MR) is 65.5 cm³/mol. The summed E-state index contributed by atoms with van der Waals surface area (Å²) >= 11 is 1.36. The zero-order valence-electron chi connectivity index (χ0n) is 8.68. The van der Waals surface area contributed by atoms with Gasteiger partial charge in [-0.05, 0) is 12.0 Å². The van der Waals surface area contributed by atoms with Crippen molar-refractivity contribution in [1.82, 2.24) is 4.98 Å². The van der Waals surface area contributed by atoms with Gasteiger partial charge in [-0.3, -0.25) is 0 Å². The minimum atomic E-state index is 0.646. The van der Waals surface area contributed by atoms with E-state index in [0.29, 0.717) is 10.7 Å². The van der Waals surface area contributed by atoms with Crippen molar-refractivity contribution in [2.75, 3.05) is 11.9 Å². The molecule has 0 atom stereocenters. The maximum atomic E-state index is 8.80. The van der Waals surface area contributed by atoms with Gasteiger partial charge in [0.25, 0.3) is 0 Å². The molecule has 1 heterocycles. The molecule has 0 amide bonds. The first kappa shape index (κ1) is 10.7. The van der Waals surface area contributed by atoms with Crippen LogP contribution >= 0.6 is 11.3 Å². The van der Waals surface area contributed by atoms with Crippen LogP contribution in [-0.2, 0) is 6.42 Å². The summed E-state index contributed by atoms with van der Waals surface area (Å²) in [6.45, 7) is 0.794. The molecule has 0 spiro atoms. The zero-order chi connectivity index (χ0) is 11.2. The Morgan fingerprint density at radius 1 is 1.31 bits per heavy atom. The van der Waals surface area contributed by atoms with Gasteiger partial charge in [0.2, 0.25) is 0 Å². The lowest BCUT2D eigenvalue weighted by Crippen LogP contribution is -2.05. The third-order valence-electron chi connectivity index (χ3n) is 2.22. The van der Waals surface area contributed by atoms with Crippen molar-refractivity contribution in [3.8, 4) is 6.07 Å². The van der Waals surface area contributed by atoms with E-state index in [0.717, 1.165) is 13.0 Å². The quantitative estimate of drug-likeness (QED) is 0.876. The molecule has 1 N–H and O–H groups in total. The molecule has 1 aromatic heterocycles. The first-order valence-corrected chi connectivity index (χ1v) is 5.89. The highest BCUT2D eigenvalue weighted by Gasteiger charge is 2.03. The number of anilines is 1. The normalized spacial score (nSPS) is 9.69. The van der Waals surface area contributed by atoms with Crippen molar-refractivity contribution in [1.29, 1.82) is 5.26 Å². The van der Waals surface area contributed by atoms with Crippen molar-refractivity contribution in [3.63, 3.8) is 0 Å². The Balaban J connectivity index is 1.88. The largest absolute Gasteiger partial charge is 0.368 e. The van der Waals surface area contributed by atoms with Crippen molar-refractivity contribution < 1.29 is 0 Å². The van der Waals surface area contributed by atoms with Crippen molar-refractivity contribution in [2.24, 2.45) is 0 Å². The topological polar surface area (TPSA) is 48.7 Å².